The first kappa shape index (κ1) is 25.7. The number of amides is 1. The van der Waals surface area contributed by atoms with Crippen LogP contribution in [0.2, 0.25) is 5.02 Å². The van der Waals surface area contributed by atoms with Crippen LogP contribution in [0.25, 0.3) is 6.08 Å². The molecule has 2 N–H and O–H groups in total. The van der Waals surface area contributed by atoms with Crippen LogP contribution in [0.5, 0.6) is 11.5 Å². The summed E-state index contributed by atoms with van der Waals surface area (Å²) in [6, 6.07) is 19.7. The van der Waals surface area contributed by atoms with Crippen molar-refractivity contribution < 1.29 is 14.3 Å². The normalized spacial score (nSPS) is 16.0. The number of aryl methyl sites for hydroxylation is 1. The topological polar surface area (TPSA) is 59.6 Å². The molecule has 1 fully saturated rings. The predicted molar refractivity (Wildman–Crippen MR) is 150 cm³/mol. The van der Waals surface area contributed by atoms with E-state index in [1.165, 1.54) is 17.3 Å². The van der Waals surface area contributed by atoms with Gasteiger partial charge in [0.25, 0.3) is 5.91 Å². The fourth-order valence-electron chi connectivity index (χ4n) is 3.86. The fraction of sp³-hybridized carbons (Fsp3) is 0.207. The number of hydrogen-bond donors (Lipinski definition) is 2. The van der Waals surface area contributed by atoms with Crippen molar-refractivity contribution in [3.8, 4) is 11.5 Å². The highest BCUT2D eigenvalue weighted by molar-refractivity contribution is 8.05. The molecule has 0 radical (unpaired) electrons. The van der Waals surface area contributed by atoms with Crippen molar-refractivity contribution in [2.45, 2.75) is 31.9 Å². The molecule has 3 aromatic rings. The summed E-state index contributed by atoms with van der Waals surface area (Å²) in [5, 5.41) is 6.99. The van der Waals surface area contributed by atoms with Crippen molar-refractivity contribution in [3.05, 3.63) is 106 Å². The molecule has 0 spiro atoms. The van der Waals surface area contributed by atoms with Crippen molar-refractivity contribution in [1.29, 1.82) is 0 Å². The van der Waals surface area contributed by atoms with Gasteiger partial charge in [-0.1, -0.05) is 66.7 Å². The van der Waals surface area contributed by atoms with Crippen molar-refractivity contribution in [1.82, 2.24) is 5.32 Å². The van der Waals surface area contributed by atoms with Crippen LogP contribution in [0.4, 0.5) is 5.69 Å². The number of anilines is 1. The number of carbonyl (C=O) groups is 1. The maximum absolute atomic E-state index is 12.7. The molecule has 0 saturated carbocycles. The molecule has 0 unspecified atom stereocenters. The molecule has 1 aliphatic rings. The van der Waals surface area contributed by atoms with E-state index < -0.39 is 0 Å². The molecule has 1 saturated heterocycles. The largest absolute Gasteiger partial charge is 0.493 e. The zero-order valence-corrected chi connectivity index (χ0v) is 21.9. The van der Waals surface area contributed by atoms with Crippen LogP contribution >= 0.6 is 23.4 Å². The van der Waals surface area contributed by atoms with E-state index in [4.69, 9.17) is 21.1 Å². The molecule has 0 aliphatic carbocycles. The number of hydrogen-bond acceptors (Lipinski definition) is 5. The smallest absolute Gasteiger partial charge is 0.260 e. The summed E-state index contributed by atoms with van der Waals surface area (Å²) in [7, 11) is 1.60. The van der Waals surface area contributed by atoms with Crippen LogP contribution in [0.1, 0.15) is 29.2 Å². The van der Waals surface area contributed by atoms with Crippen LogP contribution in [-0.4, -0.2) is 18.5 Å². The van der Waals surface area contributed by atoms with E-state index in [1.807, 2.05) is 60.7 Å². The fourth-order valence-corrected chi connectivity index (χ4v) is 5.03. The van der Waals surface area contributed by atoms with E-state index >= 15 is 0 Å². The summed E-state index contributed by atoms with van der Waals surface area (Å²) in [4.78, 5) is 13.3. The third-order valence-corrected chi connectivity index (χ3v) is 7.15. The van der Waals surface area contributed by atoms with Gasteiger partial charge >= 0.3 is 0 Å². The maximum atomic E-state index is 12.7. The van der Waals surface area contributed by atoms with Crippen molar-refractivity contribution >= 4 is 41.0 Å². The van der Waals surface area contributed by atoms with E-state index in [-0.39, 0.29) is 11.4 Å². The van der Waals surface area contributed by atoms with Gasteiger partial charge in [0.05, 0.1) is 12.0 Å². The number of rotatable bonds is 10. The lowest BCUT2D eigenvalue weighted by atomic mass is 10.0. The van der Waals surface area contributed by atoms with E-state index in [2.05, 4.69) is 36.3 Å². The van der Waals surface area contributed by atoms with Gasteiger partial charge in [0.2, 0.25) is 0 Å². The Kier molecular flexibility index (Phi) is 8.62. The van der Waals surface area contributed by atoms with E-state index in [0.717, 1.165) is 28.8 Å². The third-order valence-electron chi connectivity index (χ3n) is 5.76. The molecule has 1 amide bonds. The van der Waals surface area contributed by atoms with Crippen LogP contribution in [-0.2, 0) is 24.2 Å². The zero-order chi connectivity index (χ0) is 25.5. The Labute approximate surface area is 221 Å². The molecule has 36 heavy (non-hydrogen) atoms. The first-order valence-corrected chi connectivity index (χ1v) is 13.0. The van der Waals surface area contributed by atoms with E-state index in [0.29, 0.717) is 34.5 Å². The molecule has 5 nitrogen and oxygen atoms in total. The molecule has 3 aromatic carbocycles. The second kappa shape index (κ2) is 12.1. The van der Waals surface area contributed by atoms with Gasteiger partial charge in [0.15, 0.2) is 17.0 Å². The Balaban J connectivity index is 1.54. The number of methoxy groups -OCH3 is 1. The highest BCUT2D eigenvalue weighted by Gasteiger charge is 2.27. The molecule has 1 atom stereocenters. The molecule has 0 bridgehead atoms. The van der Waals surface area contributed by atoms with Crippen LogP contribution in [0, 0.1) is 0 Å². The molecule has 0 aromatic heterocycles. The summed E-state index contributed by atoms with van der Waals surface area (Å²) in [5.41, 5.74) is 4.63. The summed E-state index contributed by atoms with van der Waals surface area (Å²) < 4.78 is 11.8. The number of benzene rings is 3. The summed E-state index contributed by atoms with van der Waals surface area (Å²) in [6.07, 6.45) is 5.26. The molecule has 4 rings (SSSR count). The van der Waals surface area contributed by atoms with E-state index in [9.17, 15) is 4.79 Å². The molecule has 186 valence electrons. The quantitative estimate of drug-likeness (QED) is 0.227. The van der Waals surface area contributed by atoms with Crippen molar-refractivity contribution in [2.24, 2.45) is 0 Å². The van der Waals surface area contributed by atoms with Gasteiger partial charge in [-0.2, -0.15) is 0 Å². The van der Waals surface area contributed by atoms with Gasteiger partial charge in [-0.15, -0.1) is 6.58 Å². The van der Waals surface area contributed by atoms with Gasteiger partial charge in [-0.25, -0.2) is 0 Å². The number of carbonyl (C=O) groups excluding carboxylic acids is 1. The Morgan fingerprint density at radius 3 is 2.61 bits per heavy atom. The number of thioether (sulfide) groups is 1. The van der Waals surface area contributed by atoms with Gasteiger partial charge in [0.1, 0.15) is 6.61 Å². The standard InChI is InChI=1S/C29H29ClN2O3S/c1-4-8-21-15-20(16-25(34-3)27(21)35-18-22-9-6-7-10-24(22)30)17-26-28(33)32-29(36-26)31-23-13-11-19(5-2)12-14-23/h4,6-7,9-17,29,31H,1,5,8,18H2,2-3H3,(H,32,33)/b26-17-/t29-/m1/s1. The van der Waals surface area contributed by atoms with Gasteiger partial charge in [-0.3, -0.25) is 4.79 Å². The van der Waals surface area contributed by atoms with Crippen LogP contribution < -0.4 is 20.1 Å². The lowest BCUT2D eigenvalue weighted by molar-refractivity contribution is -0.116. The lowest BCUT2D eigenvalue weighted by Crippen LogP contribution is -2.30. The lowest BCUT2D eigenvalue weighted by Gasteiger charge is -2.16. The predicted octanol–water partition coefficient (Wildman–Crippen LogP) is 6.82. The zero-order valence-electron chi connectivity index (χ0n) is 20.3. The minimum atomic E-state index is -0.246. The number of allylic oxidation sites excluding steroid dienone is 1. The molecule has 7 heteroatoms. The molecular formula is C29H29ClN2O3S. The number of halogens is 1. The Hall–Kier alpha value is -3.35. The number of nitrogens with one attached hydrogen (secondary N) is 2. The minimum Gasteiger partial charge on any atom is -0.493 e. The molecular weight excluding hydrogens is 492 g/mol. The van der Waals surface area contributed by atoms with E-state index in [1.54, 1.807) is 7.11 Å². The van der Waals surface area contributed by atoms with Crippen LogP contribution in [0.15, 0.2) is 78.2 Å². The third kappa shape index (κ3) is 6.25. The molecule has 1 heterocycles. The van der Waals surface area contributed by atoms with Crippen molar-refractivity contribution in [2.75, 3.05) is 12.4 Å². The monoisotopic (exact) mass is 520 g/mol. The number of ether oxygens (including phenoxy) is 2. The SMILES string of the molecule is C=CCc1cc(/C=C2\S[C@H](Nc3ccc(CC)cc3)NC2=O)cc(OC)c1OCc1ccccc1Cl. The Morgan fingerprint density at radius 2 is 1.92 bits per heavy atom. The second-order valence-electron chi connectivity index (χ2n) is 8.26. The van der Waals surface area contributed by atoms with Crippen molar-refractivity contribution in [3.63, 3.8) is 0 Å². The Bertz CT molecular complexity index is 1270. The molecule has 1 aliphatic heterocycles. The summed E-state index contributed by atoms with van der Waals surface area (Å²) in [5.74, 6) is 1.10. The second-order valence-corrected chi connectivity index (χ2v) is 9.81. The Morgan fingerprint density at radius 1 is 1.14 bits per heavy atom. The first-order valence-electron chi connectivity index (χ1n) is 11.7. The van der Waals surface area contributed by atoms with Gasteiger partial charge in [0, 0.05) is 21.8 Å². The van der Waals surface area contributed by atoms with Gasteiger partial charge < -0.3 is 20.1 Å². The van der Waals surface area contributed by atoms with Crippen LogP contribution in [0.3, 0.4) is 0 Å². The maximum Gasteiger partial charge on any atom is 0.260 e. The highest BCUT2D eigenvalue weighted by Crippen LogP contribution is 2.37. The average Bonchev–Trinajstić information content (AvgIpc) is 3.22. The highest BCUT2D eigenvalue weighted by atomic mass is 35.5. The summed E-state index contributed by atoms with van der Waals surface area (Å²) >= 11 is 7.74. The van der Waals surface area contributed by atoms with Gasteiger partial charge in [-0.05, 0) is 60.4 Å². The average molecular weight is 521 g/mol. The minimum absolute atomic E-state index is 0.119. The summed E-state index contributed by atoms with van der Waals surface area (Å²) in [6.45, 7) is 6.32. The first-order chi connectivity index (χ1) is 17.5.